The smallest absolute Gasteiger partial charge is 0.0622 e. The summed E-state index contributed by atoms with van der Waals surface area (Å²) in [7, 11) is 0. The topological polar surface area (TPSA) is 4.93 Å². The van der Waals surface area contributed by atoms with Crippen LogP contribution >= 0.6 is 0 Å². The van der Waals surface area contributed by atoms with Crippen LogP contribution in [0.1, 0.15) is 31.4 Å². The fraction of sp³-hybridized carbons (Fsp3) is 0.172. The molecule has 0 amide bonds. The zero-order valence-electron chi connectivity index (χ0n) is 18.3. The Morgan fingerprint density at radius 1 is 0.600 bits per heavy atom. The quantitative estimate of drug-likeness (QED) is 0.284. The molecule has 1 heteroatoms. The zero-order chi connectivity index (χ0) is 21.1. The fourth-order valence-corrected chi connectivity index (χ4v) is 4.20. The Morgan fingerprint density at radius 2 is 1.23 bits per heavy atom. The van der Waals surface area contributed by atoms with E-state index in [-0.39, 0.29) is 0 Å². The first-order valence-electron chi connectivity index (χ1n) is 10.8. The molecule has 1 heterocycles. The van der Waals surface area contributed by atoms with Crippen molar-refractivity contribution in [2.75, 3.05) is 0 Å². The molecule has 0 unspecified atom stereocenters. The Balaban J connectivity index is 0.000000687. The molecule has 0 N–H and O–H groups in total. The van der Waals surface area contributed by atoms with Crippen molar-refractivity contribution in [1.82, 2.24) is 4.57 Å². The van der Waals surface area contributed by atoms with Gasteiger partial charge in [-0.15, -0.1) is 0 Å². The van der Waals surface area contributed by atoms with Crippen LogP contribution < -0.4 is 0 Å². The van der Waals surface area contributed by atoms with Crippen molar-refractivity contribution in [3.05, 3.63) is 102 Å². The Kier molecular flexibility index (Phi) is 5.72. The van der Waals surface area contributed by atoms with Crippen molar-refractivity contribution >= 4 is 21.8 Å². The molecule has 0 saturated heterocycles. The fourth-order valence-electron chi connectivity index (χ4n) is 4.20. The third kappa shape index (κ3) is 3.41. The molecule has 1 nitrogen and oxygen atoms in total. The van der Waals surface area contributed by atoms with Crippen LogP contribution in [-0.2, 0) is 0 Å². The molecule has 5 rings (SSSR count). The standard InChI is InChI=1S/C26H21N.C3H8/c1-18-10-6-7-13-21(18)25-19(2)16-17-23-22-14-8-9-15-24(22)27(26(23)25)20-11-4-3-5-12-20;1-3-2/h3-17H,1-2H3;3H2,1-2H3. The van der Waals surface area contributed by atoms with Crippen molar-refractivity contribution in [2.45, 2.75) is 34.1 Å². The van der Waals surface area contributed by atoms with Gasteiger partial charge in [0.05, 0.1) is 11.0 Å². The lowest BCUT2D eigenvalue weighted by Crippen LogP contribution is -1.97. The Hall–Kier alpha value is -3.32. The molecule has 4 aromatic carbocycles. The molecular formula is C29H29N. The van der Waals surface area contributed by atoms with Crippen LogP contribution in [0.5, 0.6) is 0 Å². The molecule has 30 heavy (non-hydrogen) atoms. The van der Waals surface area contributed by atoms with Crippen molar-refractivity contribution in [2.24, 2.45) is 0 Å². The second-order valence-corrected chi connectivity index (χ2v) is 7.86. The molecular weight excluding hydrogens is 362 g/mol. The van der Waals surface area contributed by atoms with Crippen molar-refractivity contribution in [3.8, 4) is 16.8 Å². The SMILES string of the molecule is CCC.Cc1ccccc1-c1c(C)ccc2c3ccccc3n(-c3ccccc3)c12. The first-order valence-corrected chi connectivity index (χ1v) is 10.8. The van der Waals surface area contributed by atoms with Crippen molar-refractivity contribution < 1.29 is 0 Å². The van der Waals surface area contributed by atoms with Crippen LogP contribution in [0.3, 0.4) is 0 Å². The van der Waals surface area contributed by atoms with Gasteiger partial charge in [0.2, 0.25) is 0 Å². The number of aromatic nitrogens is 1. The van der Waals surface area contributed by atoms with Crippen LogP contribution in [0.25, 0.3) is 38.6 Å². The maximum atomic E-state index is 2.42. The maximum absolute atomic E-state index is 2.42. The molecule has 150 valence electrons. The Morgan fingerprint density at radius 3 is 1.97 bits per heavy atom. The van der Waals surface area contributed by atoms with E-state index in [4.69, 9.17) is 0 Å². The normalized spacial score (nSPS) is 10.8. The lowest BCUT2D eigenvalue weighted by Gasteiger charge is -2.15. The van der Waals surface area contributed by atoms with E-state index in [1.807, 2.05) is 0 Å². The van der Waals surface area contributed by atoms with Gasteiger partial charge in [-0.05, 0) is 48.7 Å². The predicted molar refractivity (Wildman–Crippen MR) is 132 cm³/mol. The van der Waals surface area contributed by atoms with E-state index in [9.17, 15) is 0 Å². The predicted octanol–water partition coefficient (Wildman–Crippen LogP) is 8.48. The Bertz CT molecular complexity index is 1290. The minimum atomic E-state index is 1.20. The van der Waals surface area contributed by atoms with Crippen LogP contribution in [0, 0.1) is 13.8 Å². The summed E-state index contributed by atoms with van der Waals surface area (Å²) in [5, 5.41) is 2.60. The van der Waals surface area contributed by atoms with Gasteiger partial charge in [-0.1, -0.05) is 93.1 Å². The summed E-state index contributed by atoms with van der Waals surface area (Å²) >= 11 is 0. The molecule has 0 aliphatic rings. The average molecular weight is 392 g/mol. The molecule has 0 bridgehead atoms. The number of hydrogen-bond donors (Lipinski definition) is 0. The van der Waals surface area contributed by atoms with Gasteiger partial charge in [-0.3, -0.25) is 0 Å². The first-order chi connectivity index (χ1) is 14.7. The zero-order valence-corrected chi connectivity index (χ0v) is 18.3. The van der Waals surface area contributed by atoms with E-state index < -0.39 is 0 Å². The number of fused-ring (bicyclic) bond motifs is 3. The lowest BCUT2D eigenvalue weighted by atomic mass is 9.94. The molecule has 0 saturated carbocycles. The Labute approximate surface area is 179 Å². The highest BCUT2D eigenvalue weighted by molar-refractivity contribution is 6.14. The lowest BCUT2D eigenvalue weighted by molar-refractivity contribution is 1.09. The highest BCUT2D eigenvalue weighted by Crippen LogP contribution is 2.40. The molecule has 0 radical (unpaired) electrons. The summed E-state index contributed by atoms with van der Waals surface area (Å²) < 4.78 is 2.42. The summed E-state index contributed by atoms with van der Waals surface area (Å²) in [6.07, 6.45) is 1.25. The molecule has 1 aromatic heterocycles. The third-order valence-electron chi connectivity index (χ3n) is 5.47. The van der Waals surface area contributed by atoms with E-state index in [0.717, 1.165) is 0 Å². The van der Waals surface area contributed by atoms with Gasteiger partial charge in [0, 0.05) is 22.0 Å². The minimum Gasteiger partial charge on any atom is -0.309 e. The second kappa shape index (κ2) is 8.59. The largest absolute Gasteiger partial charge is 0.309 e. The number of aryl methyl sites for hydroxylation is 2. The van der Waals surface area contributed by atoms with Crippen LogP contribution in [0.2, 0.25) is 0 Å². The summed E-state index contributed by atoms with van der Waals surface area (Å²) in [6.45, 7) is 8.66. The summed E-state index contributed by atoms with van der Waals surface area (Å²) in [4.78, 5) is 0. The van der Waals surface area contributed by atoms with Gasteiger partial charge >= 0.3 is 0 Å². The monoisotopic (exact) mass is 391 g/mol. The number of benzene rings is 4. The van der Waals surface area contributed by atoms with E-state index >= 15 is 0 Å². The van der Waals surface area contributed by atoms with Crippen LogP contribution in [0.4, 0.5) is 0 Å². The number of nitrogens with zero attached hydrogens (tertiary/aromatic N) is 1. The summed E-state index contributed by atoms with van der Waals surface area (Å²) in [5.41, 5.74) is 8.97. The first kappa shape index (κ1) is 20.0. The molecule has 5 aromatic rings. The molecule has 0 spiro atoms. The maximum Gasteiger partial charge on any atom is 0.0622 e. The highest BCUT2D eigenvalue weighted by Gasteiger charge is 2.18. The van der Waals surface area contributed by atoms with Crippen LogP contribution in [-0.4, -0.2) is 4.57 Å². The van der Waals surface area contributed by atoms with E-state index in [1.165, 1.54) is 56.2 Å². The van der Waals surface area contributed by atoms with E-state index in [0.29, 0.717) is 0 Å². The van der Waals surface area contributed by atoms with Gasteiger partial charge in [-0.25, -0.2) is 0 Å². The summed E-state index contributed by atoms with van der Waals surface area (Å²) in [5.74, 6) is 0. The minimum absolute atomic E-state index is 1.20. The van der Waals surface area contributed by atoms with Gasteiger partial charge in [0.1, 0.15) is 0 Å². The van der Waals surface area contributed by atoms with Crippen molar-refractivity contribution in [1.29, 1.82) is 0 Å². The second-order valence-electron chi connectivity index (χ2n) is 7.86. The highest BCUT2D eigenvalue weighted by atomic mass is 15.0. The van der Waals surface area contributed by atoms with Crippen molar-refractivity contribution in [3.63, 3.8) is 0 Å². The molecule has 0 atom stereocenters. The van der Waals surface area contributed by atoms with Gasteiger partial charge in [-0.2, -0.15) is 0 Å². The third-order valence-corrected chi connectivity index (χ3v) is 5.47. The number of hydrogen-bond acceptors (Lipinski definition) is 0. The summed E-state index contributed by atoms with van der Waals surface area (Å²) in [6, 6.07) is 32.6. The van der Waals surface area contributed by atoms with Gasteiger partial charge in [0.15, 0.2) is 0 Å². The van der Waals surface area contributed by atoms with Crippen LogP contribution in [0.15, 0.2) is 91.0 Å². The van der Waals surface area contributed by atoms with E-state index in [2.05, 4.69) is 123 Å². The van der Waals surface area contributed by atoms with Gasteiger partial charge < -0.3 is 4.57 Å². The number of para-hydroxylation sites is 2. The number of rotatable bonds is 2. The molecule has 0 aliphatic heterocycles. The molecule has 0 aliphatic carbocycles. The molecule has 0 fully saturated rings. The van der Waals surface area contributed by atoms with E-state index in [1.54, 1.807) is 0 Å². The van der Waals surface area contributed by atoms with Gasteiger partial charge in [0.25, 0.3) is 0 Å². The average Bonchev–Trinajstić information content (AvgIpc) is 3.10.